The normalized spacial score (nSPS) is 14.0. The third-order valence-electron chi connectivity index (χ3n) is 4.12. The quantitative estimate of drug-likeness (QED) is 0.639. The Morgan fingerprint density at radius 2 is 2.15 bits per heavy atom. The molecule has 0 spiro atoms. The van der Waals surface area contributed by atoms with Crippen LogP contribution in [0.15, 0.2) is 52.5 Å². The topological polar surface area (TPSA) is 72.6 Å². The van der Waals surface area contributed by atoms with Crippen molar-refractivity contribution < 1.29 is 18.7 Å². The second-order valence-corrected chi connectivity index (χ2v) is 6.81. The highest BCUT2D eigenvalue weighted by molar-refractivity contribution is 7.13. The summed E-state index contributed by atoms with van der Waals surface area (Å²) >= 11 is 1.53. The summed E-state index contributed by atoms with van der Waals surface area (Å²) in [6.45, 7) is 0.632. The molecule has 0 unspecified atom stereocenters. The van der Waals surface area contributed by atoms with Crippen molar-refractivity contribution in [3.8, 4) is 10.8 Å². The Labute approximate surface area is 154 Å². The van der Waals surface area contributed by atoms with Crippen molar-refractivity contribution in [2.24, 2.45) is 0 Å². The zero-order valence-electron chi connectivity index (χ0n) is 13.9. The number of carbonyl (C=O) groups is 2. The number of esters is 1. The van der Waals surface area contributed by atoms with E-state index in [1.54, 1.807) is 23.1 Å². The van der Waals surface area contributed by atoms with Crippen LogP contribution < -0.4 is 4.90 Å². The Hall–Kier alpha value is -2.93. The van der Waals surface area contributed by atoms with Crippen molar-refractivity contribution in [3.63, 3.8) is 0 Å². The lowest BCUT2D eigenvalue weighted by atomic mass is 10.1. The van der Waals surface area contributed by atoms with E-state index in [1.165, 1.54) is 17.6 Å². The molecular formula is C19H16N2O4S. The first-order valence-corrected chi connectivity index (χ1v) is 9.15. The fraction of sp³-hybridized carbons (Fsp3) is 0.211. The maximum atomic E-state index is 12.5. The maximum Gasteiger partial charge on any atom is 0.340 e. The van der Waals surface area contributed by atoms with Gasteiger partial charge in [0, 0.05) is 13.0 Å². The van der Waals surface area contributed by atoms with Gasteiger partial charge in [0.2, 0.25) is 11.8 Å². The van der Waals surface area contributed by atoms with Crippen molar-refractivity contribution in [2.75, 3.05) is 11.4 Å². The molecule has 3 aromatic rings. The van der Waals surface area contributed by atoms with E-state index in [0.29, 0.717) is 35.8 Å². The fourth-order valence-electron chi connectivity index (χ4n) is 2.89. The monoisotopic (exact) mass is 368 g/mol. The van der Waals surface area contributed by atoms with Crippen LogP contribution in [0, 0.1) is 0 Å². The summed E-state index contributed by atoms with van der Waals surface area (Å²) in [4.78, 5) is 31.4. The molecule has 4 rings (SSSR count). The largest absolute Gasteiger partial charge is 0.455 e. The standard InChI is InChI=1S/C19H16N2O4S/c22-17-8-3-9-21(17)15-6-2-1-5-14(15)19(23)25-12-13-11-24-18(20-13)16-7-4-10-26-16/h1-2,4-7,10-11H,3,8-9,12H2. The Morgan fingerprint density at radius 1 is 1.27 bits per heavy atom. The summed E-state index contributed by atoms with van der Waals surface area (Å²) in [5, 5.41) is 1.94. The highest BCUT2D eigenvalue weighted by atomic mass is 32.1. The molecule has 0 saturated carbocycles. The predicted octanol–water partition coefficient (Wildman–Crippen LogP) is 3.89. The zero-order chi connectivity index (χ0) is 17.9. The number of thiophene rings is 1. The number of para-hydroxylation sites is 1. The number of nitrogens with zero attached hydrogens (tertiary/aromatic N) is 2. The fourth-order valence-corrected chi connectivity index (χ4v) is 3.54. The molecule has 0 N–H and O–H groups in total. The molecule has 0 aliphatic carbocycles. The number of benzene rings is 1. The third kappa shape index (κ3) is 3.25. The molecule has 3 heterocycles. The van der Waals surface area contributed by atoms with Crippen LogP contribution in [0.4, 0.5) is 5.69 Å². The number of anilines is 1. The molecule has 1 aliphatic heterocycles. The van der Waals surface area contributed by atoms with Gasteiger partial charge in [-0.15, -0.1) is 11.3 Å². The van der Waals surface area contributed by atoms with Gasteiger partial charge in [0.1, 0.15) is 18.6 Å². The predicted molar refractivity (Wildman–Crippen MR) is 97.0 cm³/mol. The smallest absolute Gasteiger partial charge is 0.340 e. The van der Waals surface area contributed by atoms with E-state index in [-0.39, 0.29) is 12.5 Å². The van der Waals surface area contributed by atoms with Crippen LogP contribution in [0.25, 0.3) is 10.8 Å². The Kier molecular flexibility index (Phi) is 4.53. The highest BCUT2D eigenvalue weighted by Gasteiger charge is 2.26. The molecule has 1 saturated heterocycles. The van der Waals surface area contributed by atoms with Gasteiger partial charge >= 0.3 is 5.97 Å². The lowest BCUT2D eigenvalue weighted by Gasteiger charge is -2.18. The van der Waals surface area contributed by atoms with Gasteiger partial charge in [-0.05, 0) is 30.0 Å². The van der Waals surface area contributed by atoms with E-state index >= 15 is 0 Å². The number of amides is 1. The van der Waals surface area contributed by atoms with Crippen molar-refractivity contribution >= 4 is 28.9 Å². The van der Waals surface area contributed by atoms with Crippen molar-refractivity contribution in [3.05, 3.63) is 59.3 Å². The number of hydrogen-bond acceptors (Lipinski definition) is 6. The van der Waals surface area contributed by atoms with E-state index in [2.05, 4.69) is 4.98 Å². The van der Waals surface area contributed by atoms with Gasteiger partial charge in [-0.1, -0.05) is 18.2 Å². The van der Waals surface area contributed by atoms with Crippen molar-refractivity contribution in [2.45, 2.75) is 19.4 Å². The third-order valence-corrected chi connectivity index (χ3v) is 4.98. The van der Waals surface area contributed by atoms with E-state index in [9.17, 15) is 9.59 Å². The Balaban J connectivity index is 1.47. The van der Waals surface area contributed by atoms with Crippen LogP contribution >= 0.6 is 11.3 Å². The van der Waals surface area contributed by atoms with E-state index in [1.807, 2.05) is 23.6 Å². The highest BCUT2D eigenvalue weighted by Crippen LogP contribution is 2.27. The second kappa shape index (κ2) is 7.13. The zero-order valence-corrected chi connectivity index (χ0v) is 14.7. The number of aromatic nitrogens is 1. The molecule has 132 valence electrons. The second-order valence-electron chi connectivity index (χ2n) is 5.86. The molecule has 6 nitrogen and oxygen atoms in total. The molecule has 1 fully saturated rings. The average molecular weight is 368 g/mol. The Bertz CT molecular complexity index is 933. The number of ether oxygens (including phenoxy) is 1. The first kappa shape index (κ1) is 16.5. The van der Waals surface area contributed by atoms with Crippen LogP contribution in [-0.2, 0) is 16.1 Å². The summed E-state index contributed by atoms with van der Waals surface area (Å²) in [5.74, 6) is 0.0532. The van der Waals surface area contributed by atoms with Crippen molar-refractivity contribution in [1.29, 1.82) is 0 Å². The van der Waals surface area contributed by atoms with Gasteiger partial charge in [0.25, 0.3) is 0 Å². The summed E-state index contributed by atoms with van der Waals surface area (Å²) in [5.41, 5.74) is 1.51. The molecular weight excluding hydrogens is 352 g/mol. The van der Waals surface area contributed by atoms with Gasteiger partial charge in [0.15, 0.2) is 0 Å². The average Bonchev–Trinajstić information content (AvgIpc) is 3.41. The number of rotatable bonds is 5. The molecule has 7 heteroatoms. The van der Waals surface area contributed by atoms with E-state index < -0.39 is 5.97 Å². The SMILES string of the molecule is O=C(OCc1coc(-c2cccs2)n1)c1ccccc1N1CCCC1=O. The van der Waals surface area contributed by atoms with Gasteiger partial charge in [-0.25, -0.2) is 9.78 Å². The van der Waals surface area contributed by atoms with Crippen molar-refractivity contribution in [1.82, 2.24) is 4.98 Å². The van der Waals surface area contributed by atoms with Crippen LogP contribution in [0.2, 0.25) is 0 Å². The summed E-state index contributed by atoms with van der Waals surface area (Å²) in [6.07, 6.45) is 2.79. The minimum Gasteiger partial charge on any atom is -0.455 e. The molecule has 1 amide bonds. The minimum atomic E-state index is -0.485. The van der Waals surface area contributed by atoms with Crippen LogP contribution in [-0.4, -0.2) is 23.4 Å². The van der Waals surface area contributed by atoms with E-state index in [0.717, 1.165) is 11.3 Å². The van der Waals surface area contributed by atoms with Gasteiger partial charge < -0.3 is 14.1 Å². The van der Waals surface area contributed by atoms with Gasteiger partial charge in [-0.3, -0.25) is 4.79 Å². The molecule has 0 bridgehead atoms. The molecule has 0 radical (unpaired) electrons. The minimum absolute atomic E-state index is 0.00991. The molecule has 26 heavy (non-hydrogen) atoms. The first-order valence-electron chi connectivity index (χ1n) is 8.27. The number of oxazole rings is 1. The summed E-state index contributed by atoms with van der Waals surface area (Å²) < 4.78 is 10.8. The van der Waals surface area contributed by atoms with Gasteiger partial charge in [0.05, 0.1) is 16.1 Å². The van der Waals surface area contributed by atoms with E-state index in [4.69, 9.17) is 9.15 Å². The molecule has 2 aromatic heterocycles. The Morgan fingerprint density at radius 3 is 2.92 bits per heavy atom. The van der Waals surface area contributed by atoms with Crippen LogP contribution in [0.1, 0.15) is 28.9 Å². The maximum absolute atomic E-state index is 12.5. The van der Waals surface area contributed by atoms with Crippen LogP contribution in [0.3, 0.4) is 0 Å². The summed E-state index contributed by atoms with van der Waals surface area (Å²) in [6, 6.07) is 10.8. The summed E-state index contributed by atoms with van der Waals surface area (Å²) in [7, 11) is 0. The lowest BCUT2D eigenvalue weighted by Crippen LogP contribution is -2.26. The number of hydrogen-bond donors (Lipinski definition) is 0. The lowest BCUT2D eigenvalue weighted by molar-refractivity contribution is -0.117. The van der Waals surface area contributed by atoms with Gasteiger partial charge in [-0.2, -0.15) is 0 Å². The molecule has 1 aromatic carbocycles. The van der Waals surface area contributed by atoms with Crippen LogP contribution in [0.5, 0.6) is 0 Å². The molecule has 0 atom stereocenters. The number of carbonyl (C=O) groups excluding carboxylic acids is 2. The molecule has 1 aliphatic rings. The first-order chi connectivity index (χ1) is 12.7.